The number of rotatable bonds is 12. The maximum Gasteiger partial charge on any atom is 0.0128 e. The molecule has 0 aliphatic rings. The molecule has 0 aromatic heterocycles. The van der Waals surface area contributed by atoms with Crippen LogP contribution in [0.3, 0.4) is 0 Å². The van der Waals surface area contributed by atoms with Crippen molar-refractivity contribution in [2.24, 2.45) is 5.84 Å². The van der Waals surface area contributed by atoms with Crippen molar-refractivity contribution in [1.29, 1.82) is 0 Å². The van der Waals surface area contributed by atoms with E-state index in [4.69, 9.17) is 5.84 Å². The van der Waals surface area contributed by atoms with E-state index in [1.165, 1.54) is 64.2 Å². The summed E-state index contributed by atoms with van der Waals surface area (Å²) in [5, 5.41) is 2.00. The van der Waals surface area contributed by atoms with Gasteiger partial charge >= 0.3 is 0 Å². The Balaban J connectivity index is 3.06. The van der Waals surface area contributed by atoms with Crippen LogP contribution in [0.2, 0.25) is 0 Å². The summed E-state index contributed by atoms with van der Waals surface area (Å²) in [7, 11) is 0. The van der Waals surface area contributed by atoms with Crippen LogP contribution in [-0.4, -0.2) is 18.1 Å². The van der Waals surface area contributed by atoms with Gasteiger partial charge in [0.2, 0.25) is 0 Å². The van der Waals surface area contributed by atoms with E-state index >= 15 is 0 Å². The lowest BCUT2D eigenvalue weighted by molar-refractivity contribution is 0.269. The zero-order valence-electron chi connectivity index (χ0n) is 11.5. The highest BCUT2D eigenvalue weighted by Gasteiger charge is 1.98. The Hall–Kier alpha value is -0.0800. The first kappa shape index (κ1) is 15.9. The Bertz CT molecular complexity index is 126. The summed E-state index contributed by atoms with van der Waals surface area (Å²) in [4.78, 5) is 0. The summed E-state index contributed by atoms with van der Waals surface area (Å²) in [5.74, 6) is 5.91. The van der Waals surface area contributed by atoms with Crippen LogP contribution in [-0.2, 0) is 0 Å². The van der Waals surface area contributed by atoms with Crippen molar-refractivity contribution >= 4 is 0 Å². The lowest BCUT2D eigenvalue weighted by Crippen LogP contribution is -2.32. The molecule has 0 amide bonds. The molecule has 0 saturated heterocycles. The molecule has 0 rings (SSSR count). The summed E-state index contributed by atoms with van der Waals surface area (Å²) < 4.78 is 0. The van der Waals surface area contributed by atoms with Crippen LogP contribution in [0.25, 0.3) is 0 Å². The van der Waals surface area contributed by atoms with Gasteiger partial charge in [0, 0.05) is 13.1 Å². The minimum atomic E-state index is 1.07. The van der Waals surface area contributed by atoms with Crippen molar-refractivity contribution in [2.45, 2.75) is 78.1 Å². The van der Waals surface area contributed by atoms with Crippen molar-refractivity contribution in [3.05, 3.63) is 0 Å². The van der Waals surface area contributed by atoms with E-state index in [1.54, 1.807) is 0 Å². The van der Waals surface area contributed by atoms with Gasteiger partial charge < -0.3 is 0 Å². The van der Waals surface area contributed by atoms with Gasteiger partial charge in [-0.1, -0.05) is 65.2 Å². The lowest BCUT2D eigenvalue weighted by Gasteiger charge is -2.15. The van der Waals surface area contributed by atoms with E-state index in [9.17, 15) is 0 Å². The number of hydrogen-bond donors (Lipinski definition) is 1. The van der Waals surface area contributed by atoms with Gasteiger partial charge in [-0.05, 0) is 12.8 Å². The van der Waals surface area contributed by atoms with Gasteiger partial charge in [-0.3, -0.25) is 5.84 Å². The molecule has 0 radical (unpaired) electrons. The van der Waals surface area contributed by atoms with Crippen LogP contribution < -0.4 is 5.84 Å². The van der Waals surface area contributed by atoms with Gasteiger partial charge in [-0.15, -0.1) is 0 Å². The summed E-state index contributed by atoms with van der Waals surface area (Å²) >= 11 is 0. The zero-order valence-corrected chi connectivity index (χ0v) is 11.5. The van der Waals surface area contributed by atoms with E-state index in [-0.39, 0.29) is 0 Å². The fourth-order valence-electron chi connectivity index (χ4n) is 1.95. The van der Waals surface area contributed by atoms with Crippen LogP contribution in [0.1, 0.15) is 78.1 Å². The molecule has 0 unspecified atom stereocenters. The zero-order chi connectivity index (χ0) is 12.1. The Kier molecular flexibility index (Phi) is 12.9. The number of nitrogens with two attached hydrogens (primary N) is 1. The van der Waals surface area contributed by atoms with E-state index in [2.05, 4.69) is 13.8 Å². The third-order valence-electron chi connectivity index (χ3n) is 3.10. The molecule has 0 aromatic rings. The lowest BCUT2D eigenvalue weighted by atomic mass is 10.1. The Morgan fingerprint density at radius 2 is 1.00 bits per heavy atom. The molecule has 0 spiro atoms. The van der Waals surface area contributed by atoms with Crippen LogP contribution in [0, 0.1) is 0 Å². The van der Waals surface area contributed by atoms with Gasteiger partial charge in [0.25, 0.3) is 0 Å². The van der Waals surface area contributed by atoms with Gasteiger partial charge in [-0.25, -0.2) is 5.01 Å². The number of unbranched alkanes of at least 4 members (excludes halogenated alkanes) is 8. The number of hydrogen-bond acceptors (Lipinski definition) is 2. The quantitative estimate of drug-likeness (QED) is 0.309. The second-order valence-electron chi connectivity index (χ2n) is 4.86. The minimum Gasteiger partial charge on any atom is -0.269 e. The topological polar surface area (TPSA) is 29.3 Å². The molecule has 0 aliphatic carbocycles. The highest BCUT2D eigenvalue weighted by Crippen LogP contribution is 2.07. The van der Waals surface area contributed by atoms with Crippen LogP contribution in [0.4, 0.5) is 0 Å². The Labute approximate surface area is 103 Å². The number of hydrazine groups is 1. The smallest absolute Gasteiger partial charge is 0.0128 e. The first-order valence-corrected chi connectivity index (χ1v) is 7.30. The van der Waals surface area contributed by atoms with Crippen molar-refractivity contribution in [2.75, 3.05) is 13.1 Å². The molecular formula is C14H32N2. The van der Waals surface area contributed by atoms with Crippen LogP contribution in [0.15, 0.2) is 0 Å². The molecule has 2 heteroatoms. The van der Waals surface area contributed by atoms with Gasteiger partial charge in [0.05, 0.1) is 0 Å². The molecule has 0 fully saturated rings. The molecule has 0 aromatic carbocycles. The van der Waals surface area contributed by atoms with Crippen LogP contribution >= 0.6 is 0 Å². The predicted molar refractivity (Wildman–Crippen MR) is 73.3 cm³/mol. The fourth-order valence-corrected chi connectivity index (χ4v) is 1.95. The highest BCUT2D eigenvalue weighted by molar-refractivity contribution is 4.51. The maximum atomic E-state index is 5.91. The molecule has 2 N–H and O–H groups in total. The van der Waals surface area contributed by atoms with Gasteiger partial charge in [-0.2, -0.15) is 0 Å². The molecule has 0 heterocycles. The second-order valence-corrected chi connectivity index (χ2v) is 4.86. The first-order chi connectivity index (χ1) is 7.81. The van der Waals surface area contributed by atoms with E-state index in [0.717, 1.165) is 13.1 Å². The summed E-state index contributed by atoms with van der Waals surface area (Å²) in [5.41, 5.74) is 0. The molecule has 2 nitrogen and oxygen atoms in total. The molecule has 98 valence electrons. The van der Waals surface area contributed by atoms with Crippen LogP contribution in [0.5, 0.6) is 0 Å². The molecule has 0 saturated carbocycles. The minimum absolute atomic E-state index is 1.07. The average molecular weight is 228 g/mol. The first-order valence-electron chi connectivity index (χ1n) is 7.30. The monoisotopic (exact) mass is 228 g/mol. The third-order valence-corrected chi connectivity index (χ3v) is 3.10. The summed E-state index contributed by atoms with van der Waals surface area (Å²) in [6.07, 6.45) is 13.4. The molecular weight excluding hydrogens is 196 g/mol. The second kappa shape index (κ2) is 13.0. The van der Waals surface area contributed by atoms with Crippen molar-refractivity contribution in [3.8, 4) is 0 Å². The Morgan fingerprint density at radius 1 is 0.625 bits per heavy atom. The average Bonchev–Trinajstić information content (AvgIpc) is 2.28. The summed E-state index contributed by atoms with van der Waals surface area (Å²) in [6.45, 7) is 6.65. The SMILES string of the molecule is CCCCCCCCCN(N)CCCCC. The van der Waals surface area contributed by atoms with Crippen molar-refractivity contribution in [3.63, 3.8) is 0 Å². The normalized spacial score (nSPS) is 11.2. The van der Waals surface area contributed by atoms with E-state index in [1.807, 2.05) is 5.01 Å². The molecule has 0 aliphatic heterocycles. The van der Waals surface area contributed by atoms with Crippen molar-refractivity contribution < 1.29 is 0 Å². The van der Waals surface area contributed by atoms with Crippen molar-refractivity contribution in [1.82, 2.24) is 5.01 Å². The third kappa shape index (κ3) is 12.0. The van der Waals surface area contributed by atoms with Gasteiger partial charge in [0.15, 0.2) is 0 Å². The fraction of sp³-hybridized carbons (Fsp3) is 1.00. The largest absolute Gasteiger partial charge is 0.269 e. The highest BCUT2D eigenvalue weighted by atomic mass is 15.4. The predicted octanol–water partition coefficient (Wildman–Crippen LogP) is 4.10. The summed E-state index contributed by atoms with van der Waals surface area (Å²) in [6, 6.07) is 0. The van der Waals surface area contributed by atoms with E-state index < -0.39 is 0 Å². The van der Waals surface area contributed by atoms with E-state index in [0.29, 0.717) is 0 Å². The van der Waals surface area contributed by atoms with Gasteiger partial charge in [0.1, 0.15) is 0 Å². The standard InChI is InChI=1S/C14H32N2/c1-3-5-7-8-9-10-12-14-16(15)13-11-6-4-2/h3-15H2,1-2H3. The maximum absolute atomic E-state index is 5.91. The molecule has 0 atom stereocenters. The molecule has 0 bridgehead atoms. The number of nitrogens with zero attached hydrogens (tertiary/aromatic N) is 1. The molecule has 16 heavy (non-hydrogen) atoms. The Morgan fingerprint density at radius 3 is 1.56 bits per heavy atom.